The molecule has 0 radical (unpaired) electrons. The highest BCUT2D eigenvalue weighted by molar-refractivity contribution is 5.72. The molecule has 0 saturated heterocycles. The van der Waals surface area contributed by atoms with Crippen LogP contribution in [-0.4, -0.2) is 46.4 Å². The van der Waals surface area contributed by atoms with Gasteiger partial charge in [-0.1, -0.05) is 12.1 Å². The molecule has 2 heterocycles. The van der Waals surface area contributed by atoms with E-state index in [4.69, 9.17) is 14.2 Å². The lowest BCUT2D eigenvalue weighted by Crippen LogP contribution is -2.18. The molecule has 28 heavy (non-hydrogen) atoms. The SMILES string of the molecule is CCOC(=O)Cc1cc(=O)n2[nH]c(NCc3cccc(OC)c3OC)nc2n1. The maximum atomic E-state index is 12.2. The largest absolute Gasteiger partial charge is 0.493 e. The summed E-state index contributed by atoms with van der Waals surface area (Å²) in [6, 6.07) is 6.82. The molecule has 0 unspecified atom stereocenters. The third-order valence-electron chi connectivity index (χ3n) is 3.95. The number of carbonyl (C=O) groups excluding carboxylic acids is 1. The second-order valence-electron chi connectivity index (χ2n) is 5.78. The van der Waals surface area contributed by atoms with E-state index in [1.165, 1.54) is 10.6 Å². The minimum Gasteiger partial charge on any atom is -0.493 e. The first-order chi connectivity index (χ1) is 13.5. The van der Waals surface area contributed by atoms with Crippen LogP contribution in [0.15, 0.2) is 29.1 Å². The van der Waals surface area contributed by atoms with Crippen LogP contribution in [0, 0.1) is 0 Å². The molecule has 3 rings (SSSR count). The summed E-state index contributed by atoms with van der Waals surface area (Å²) in [6.07, 6.45) is -0.0871. The number of nitrogens with zero attached hydrogens (tertiary/aromatic N) is 3. The number of methoxy groups -OCH3 is 2. The average Bonchev–Trinajstić information content (AvgIpc) is 3.09. The fourth-order valence-corrected chi connectivity index (χ4v) is 2.73. The maximum absolute atomic E-state index is 12.2. The number of esters is 1. The van der Waals surface area contributed by atoms with E-state index in [2.05, 4.69) is 20.4 Å². The molecule has 148 valence electrons. The zero-order chi connectivity index (χ0) is 20.1. The lowest BCUT2D eigenvalue weighted by atomic mass is 10.2. The Balaban J connectivity index is 1.81. The first kappa shape index (κ1) is 19.2. The number of ether oxygens (including phenoxy) is 3. The minimum absolute atomic E-state index is 0.0871. The van der Waals surface area contributed by atoms with Crippen LogP contribution in [0.1, 0.15) is 18.2 Å². The predicted octanol–water partition coefficient (Wildman–Crippen LogP) is 1.15. The summed E-state index contributed by atoms with van der Waals surface area (Å²) >= 11 is 0. The Kier molecular flexibility index (Phi) is 5.78. The Bertz CT molecular complexity index is 1040. The Morgan fingerprint density at radius 3 is 2.79 bits per heavy atom. The zero-order valence-electron chi connectivity index (χ0n) is 15.8. The number of para-hydroxylation sites is 1. The average molecular weight is 387 g/mol. The van der Waals surface area contributed by atoms with Gasteiger partial charge in [0.05, 0.1) is 32.9 Å². The molecule has 2 aromatic heterocycles. The van der Waals surface area contributed by atoms with Crippen molar-refractivity contribution in [3.05, 3.63) is 45.9 Å². The van der Waals surface area contributed by atoms with Crippen LogP contribution in [0.3, 0.4) is 0 Å². The summed E-state index contributed by atoms with van der Waals surface area (Å²) in [5.74, 6) is 1.29. The molecule has 0 spiro atoms. The van der Waals surface area contributed by atoms with Gasteiger partial charge in [-0.3, -0.25) is 14.7 Å². The molecule has 3 aromatic rings. The molecule has 10 nitrogen and oxygen atoms in total. The second kappa shape index (κ2) is 8.42. The van der Waals surface area contributed by atoms with E-state index in [0.717, 1.165) is 5.56 Å². The van der Waals surface area contributed by atoms with Crippen LogP contribution in [-0.2, 0) is 22.5 Å². The Morgan fingerprint density at radius 1 is 1.25 bits per heavy atom. The normalized spacial score (nSPS) is 10.7. The number of aromatic amines is 1. The van der Waals surface area contributed by atoms with Gasteiger partial charge in [0.25, 0.3) is 11.3 Å². The van der Waals surface area contributed by atoms with Gasteiger partial charge in [-0.15, -0.1) is 0 Å². The van der Waals surface area contributed by atoms with E-state index in [-0.39, 0.29) is 24.4 Å². The van der Waals surface area contributed by atoms with Crippen molar-refractivity contribution < 1.29 is 19.0 Å². The van der Waals surface area contributed by atoms with Crippen LogP contribution in [0.4, 0.5) is 5.95 Å². The van der Waals surface area contributed by atoms with Crippen molar-refractivity contribution in [1.29, 1.82) is 0 Å². The molecule has 10 heteroatoms. The fraction of sp³-hybridized carbons (Fsp3) is 0.333. The molecule has 0 aliphatic heterocycles. The molecule has 0 saturated carbocycles. The number of rotatable bonds is 8. The molecule has 1 aromatic carbocycles. The highest BCUT2D eigenvalue weighted by atomic mass is 16.5. The van der Waals surface area contributed by atoms with Crippen molar-refractivity contribution in [2.45, 2.75) is 19.9 Å². The standard InChI is InChI=1S/C18H21N5O5/c1-4-28-15(25)9-12-8-14(24)23-18(20-12)21-17(22-23)19-10-11-6-5-7-13(26-2)16(11)27-3/h5-8H,4,9-10H2,1-3H3,(H2,19,20,21,22). The van der Waals surface area contributed by atoms with Crippen molar-refractivity contribution in [3.63, 3.8) is 0 Å². The quantitative estimate of drug-likeness (QED) is 0.553. The summed E-state index contributed by atoms with van der Waals surface area (Å²) in [5, 5.41) is 5.93. The van der Waals surface area contributed by atoms with Gasteiger partial charge >= 0.3 is 5.97 Å². The van der Waals surface area contributed by atoms with Crippen molar-refractivity contribution in [3.8, 4) is 11.5 Å². The zero-order valence-corrected chi connectivity index (χ0v) is 15.8. The van der Waals surface area contributed by atoms with Gasteiger partial charge in [0.1, 0.15) is 0 Å². The van der Waals surface area contributed by atoms with Crippen LogP contribution < -0.4 is 20.3 Å². The summed E-state index contributed by atoms with van der Waals surface area (Å²) in [6.45, 7) is 2.36. The first-order valence-electron chi connectivity index (χ1n) is 8.63. The van der Waals surface area contributed by atoms with E-state index in [0.29, 0.717) is 29.7 Å². The number of hydrogen-bond donors (Lipinski definition) is 2. The molecule has 0 amide bonds. The van der Waals surface area contributed by atoms with E-state index in [1.807, 2.05) is 12.1 Å². The van der Waals surface area contributed by atoms with Crippen molar-refractivity contribution in [2.24, 2.45) is 0 Å². The number of H-pyrrole nitrogens is 1. The van der Waals surface area contributed by atoms with Gasteiger partial charge in [0, 0.05) is 18.2 Å². The van der Waals surface area contributed by atoms with Crippen molar-refractivity contribution >= 4 is 17.7 Å². The molecule has 0 aliphatic rings. The fourth-order valence-electron chi connectivity index (χ4n) is 2.73. The van der Waals surface area contributed by atoms with Gasteiger partial charge < -0.3 is 19.5 Å². The molecule has 0 fully saturated rings. The van der Waals surface area contributed by atoms with Gasteiger partial charge in [-0.05, 0) is 13.0 Å². The molecular formula is C18H21N5O5. The highest BCUT2D eigenvalue weighted by Gasteiger charge is 2.13. The lowest BCUT2D eigenvalue weighted by Gasteiger charge is -2.12. The highest BCUT2D eigenvalue weighted by Crippen LogP contribution is 2.30. The molecule has 2 N–H and O–H groups in total. The van der Waals surface area contributed by atoms with Crippen molar-refractivity contribution in [1.82, 2.24) is 19.6 Å². The molecule has 0 atom stereocenters. The van der Waals surface area contributed by atoms with Crippen LogP contribution in [0.25, 0.3) is 5.78 Å². The van der Waals surface area contributed by atoms with Crippen LogP contribution >= 0.6 is 0 Å². The predicted molar refractivity (Wildman–Crippen MR) is 101 cm³/mol. The Hall–Kier alpha value is -3.56. The van der Waals surface area contributed by atoms with E-state index in [9.17, 15) is 9.59 Å². The number of fused-ring (bicyclic) bond motifs is 1. The molecule has 0 aliphatic carbocycles. The smallest absolute Gasteiger partial charge is 0.311 e. The van der Waals surface area contributed by atoms with Gasteiger partial charge in [-0.2, -0.15) is 9.50 Å². The maximum Gasteiger partial charge on any atom is 0.311 e. The topological polar surface area (TPSA) is 120 Å². The van der Waals surface area contributed by atoms with Gasteiger partial charge in [-0.25, -0.2) is 4.98 Å². The third-order valence-corrected chi connectivity index (χ3v) is 3.95. The number of aromatic nitrogens is 4. The minimum atomic E-state index is -0.447. The number of hydrogen-bond acceptors (Lipinski definition) is 8. The number of nitrogens with one attached hydrogen (secondary N) is 2. The van der Waals surface area contributed by atoms with Crippen LogP contribution in [0.5, 0.6) is 11.5 Å². The van der Waals surface area contributed by atoms with Crippen LogP contribution in [0.2, 0.25) is 0 Å². The first-order valence-corrected chi connectivity index (χ1v) is 8.63. The molecule has 0 bridgehead atoms. The lowest BCUT2D eigenvalue weighted by molar-refractivity contribution is -0.142. The summed E-state index contributed by atoms with van der Waals surface area (Å²) in [7, 11) is 3.14. The second-order valence-corrected chi connectivity index (χ2v) is 5.78. The van der Waals surface area contributed by atoms with E-state index in [1.54, 1.807) is 27.2 Å². The van der Waals surface area contributed by atoms with Gasteiger partial charge in [0.15, 0.2) is 11.5 Å². The van der Waals surface area contributed by atoms with Gasteiger partial charge in [0.2, 0.25) is 5.95 Å². The summed E-state index contributed by atoms with van der Waals surface area (Å²) < 4.78 is 16.8. The van der Waals surface area contributed by atoms with Crippen molar-refractivity contribution in [2.75, 3.05) is 26.1 Å². The number of carbonyl (C=O) groups is 1. The van der Waals surface area contributed by atoms with E-state index >= 15 is 0 Å². The third kappa shape index (κ3) is 4.05. The van der Waals surface area contributed by atoms with E-state index < -0.39 is 5.97 Å². The Morgan fingerprint density at radius 2 is 2.07 bits per heavy atom. The monoisotopic (exact) mass is 387 g/mol. The summed E-state index contributed by atoms with van der Waals surface area (Å²) in [4.78, 5) is 32.3. The molecular weight excluding hydrogens is 366 g/mol. The Labute approximate surface area is 160 Å². The number of benzene rings is 1. The summed E-state index contributed by atoms with van der Waals surface area (Å²) in [5.41, 5.74) is 0.783. The number of anilines is 1.